The van der Waals surface area contributed by atoms with Crippen LogP contribution in [0.15, 0.2) is 42.0 Å². The summed E-state index contributed by atoms with van der Waals surface area (Å²) in [5, 5.41) is 8.50. The van der Waals surface area contributed by atoms with Crippen molar-refractivity contribution in [3.63, 3.8) is 0 Å². The summed E-state index contributed by atoms with van der Waals surface area (Å²) >= 11 is 11.8. The average molecular weight is 289 g/mol. The first-order valence-electron chi connectivity index (χ1n) is 4.91. The molecule has 0 heterocycles. The first-order valence-corrected chi connectivity index (χ1v) is 5.66. The van der Waals surface area contributed by atoms with E-state index in [1.807, 2.05) is 0 Å². The van der Waals surface area contributed by atoms with E-state index in [-0.39, 0.29) is 5.57 Å². The molecule has 0 atom stereocenters. The van der Waals surface area contributed by atoms with Gasteiger partial charge in [-0.25, -0.2) is 9.59 Å². The van der Waals surface area contributed by atoms with Gasteiger partial charge in [0, 0.05) is 17.2 Å². The summed E-state index contributed by atoms with van der Waals surface area (Å²) in [6, 6.07) is 8.29. The molecule has 18 heavy (non-hydrogen) atoms. The van der Waals surface area contributed by atoms with Crippen LogP contribution in [0.2, 0.25) is 0 Å². The zero-order valence-corrected chi connectivity index (χ0v) is 10.9. The molecule has 0 radical (unpaired) electrons. The summed E-state index contributed by atoms with van der Waals surface area (Å²) in [5.41, 5.74) is 0.272. The van der Waals surface area contributed by atoms with E-state index in [9.17, 15) is 9.59 Å². The third kappa shape index (κ3) is 4.05. The van der Waals surface area contributed by atoms with Gasteiger partial charge in [0.05, 0.1) is 0 Å². The van der Waals surface area contributed by atoms with Crippen molar-refractivity contribution in [1.29, 1.82) is 0 Å². The SMILES string of the molecule is CC(=CC(=O)O)C(=O)OC(Cl)(Cl)c1ccccc1. The number of carboxylic acid groups (broad SMARTS) is 1. The molecule has 1 aromatic rings. The molecule has 4 nitrogen and oxygen atoms in total. The lowest BCUT2D eigenvalue weighted by Gasteiger charge is -2.20. The number of ether oxygens (including phenoxy) is 1. The predicted octanol–water partition coefficient (Wildman–Crippen LogP) is 2.85. The quantitative estimate of drug-likeness (QED) is 0.526. The van der Waals surface area contributed by atoms with Crippen molar-refractivity contribution in [3.05, 3.63) is 47.5 Å². The van der Waals surface area contributed by atoms with E-state index in [1.54, 1.807) is 30.3 Å². The lowest BCUT2D eigenvalue weighted by Crippen LogP contribution is -2.21. The van der Waals surface area contributed by atoms with E-state index in [2.05, 4.69) is 0 Å². The summed E-state index contributed by atoms with van der Waals surface area (Å²) in [5.74, 6) is -2.15. The van der Waals surface area contributed by atoms with E-state index in [0.29, 0.717) is 5.56 Å². The fraction of sp³-hybridized carbons (Fsp3) is 0.167. The second kappa shape index (κ2) is 5.89. The third-order valence-corrected chi connectivity index (χ3v) is 2.58. The Morgan fingerprint density at radius 2 is 1.83 bits per heavy atom. The minimum absolute atomic E-state index is 0.107. The molecule has 0 saturated carbocycles. The highest BCUT2D eigenvalue weighted by atomic mass is 35.5. The molecule has 1 aromatic carbocycles. The molecule has 0 saturated heterocycles. The number of rotatable bonds is 4. The zero-order chi connectivity index (χ0) is 13.8. The maximum atomic E-state index is 11.5. The van der Waals surface area contributed by atoms with Crippen LogP contribution >= 0.6 is 23.2 Å². The number of carbonyl (C=O) groups is 2. The molecule has 0 aliphatic heterocycles. The van der Waals surface area contributed by atoms with Crippen molar-refractivity contribution in [2.24, 2.45) is 0 Å². The summed E-state index contributed by atoms with van der Waals surface area (Å²) in [7, 11) is 0. The Balaban J connectivity index is 2.84. The molecule has 1 rings (SSSR count). The molecule has 0 bridgehead atoms. The molecular formula is C12H10Cl2O4. The number of hydrogen-bond acceptors (Lipinski definition) is 3. The monoisotopic (exact) mass is 288 g/mol. The van der Waals surface area contributed by atoms with Gasteiger partial charge in [0.25, 0.3) is 4.52 Å². The van der Waals surface area contributed by atoms with Crippen LogP contribution < -0.4 is 0 Å². The first kappa shape index (κ1) is 14.5. The highest BCUT2D eigenvalue weighted by Crippen LogP contribution is 2.35. The standard InChI is InChI=1S/C12H10Cl2O4/c1-8(7-10(15)16)11(17)18-12(13,14)9-5-3-2-4-6-9/h2-7H,1H3,(H,15,16). The number of halogens is 2. The Morgan fingerprint density at radius 3 is 2.33 bits per heavy atom. The second-order valence-electron chi connectivity index (χ2n) is 3.44. The number of carboxylic acids is 1. The Labute approximate surface area is 114 Å². The highest BCUT2D eigenvalue weighted by Gasteiger charge is 2.31. The number of hydrogen-bond donors (Lipinski definition) is 1. The van der Waals surface area contributed by atoms with Crippen LogP contribution in [0, 0.1) is 0 Å². The maximum absolute atomic E-state index is 11.5. The fourth-order valence-electron chi connectivity index (χ4n) is 1.13. The molecular weight excluding hydrogens is 279 g/mol. The van der Waals surface area contributed by atoms with Crippen molar-refractivity contribution in [3.8, 4) is 0 Å². The number of carbonyl (C=O) groups excluding carboxylic acids is 1. The molecule has 0 unspecified atom stereocenters. The van der Waals surface area contributed by atoms with Gasteiger partial charge in [-0.2, -0.15) is 0 Å². The molecule has 0 aliphatic carbocycles. The number of aliphatic carboxylic acids is 1. The molecule has 1 N–H and O–H groups in total. The lowest BCUT2D eigenvalue weighted by atomic mass is 10.2. The van der Waals surface area contributed by atoms with Crippen LogP contribution in [0.5, 0.6) is 0 Å². The summed E-state index contributed by atoms with van der Waals surface area (Å²) in [6.07, 6.45) is 0.719. The maximum Gasteiger partial charge on any atom is 0.336 e. The Bertz CT molecular complexity index is 480. The smallest absolute Gasteiger partial charge is 0.336 e. The molecule has 0 fully saturated rings. The fourth-order valence-corrected chi connectivity index (χ4v) is 1.52. The van der Waals surface area contributed by atoms with Gasteiger partial charge in [-0.15, -0.1) is 0 Å². The normalized spacial score (nSPS) is 12.1. The van der Waals surface area contributed by atoms with Gasteiger partial charge in [0.2, 0.25) is 0 Å². The minimum atomic E-state index is -1.86. The van der Waals surface area contributed by atoms with Crippen LogP contribution in [0.25, 0.3) is 0 Å². The zero-order valence-electron chi connectivity index (χ0n) is 9.39. The molecule has 0 aliphatic rings. The van der Waals surface area contributed by atoms with Gasteiger partial charge in [-0.1, -0.05) is 53.5 Å². The molecule has 0 spiro atoms. The van der Waals surface area contributed by atoms with Gasteiger partial charge >= 0.3 is 11.9 Å². The van der Waals surface area contributed by atoms with E-state index < -0.39 is 16.5 Å². The Hall–Kier alpha value is -1.52. The topological polar surface area (TPSA) is 63.6 Å². The van der Waals surface area contributed by atoms with Gasteiger partial charge in [0.15, 0.2) is 0 Å². The first-order chi connectivity index (χ1) is 8.33. The molecule has 96 valence electrons. The van der Waals surface area contributed by atoms with Crippen LogP contribution in [-0.4, -0.2) is 17.0 Å². The molecule has 0 amide bonds. The molecule has 0 aromatic heterocycles. The lowest BCUT2D eigenvalue weighted by molar-refractivity contribution is -0.143. The summed E-state index contributed by atoms with van der Waals surface area (Å²) in [4.78, 5) is 21.9. The highest BCUT2D eigenvalue weighted by molar-refractivity contribution is 6.47. The van der Waals surface area contributed by atoms with Crippen molar-refractivity contribution in [2.75, 3.05) is 0 Å². The van der Waals surface area contributed by atoms with Gasteiger partial charge in [-0.3, -0.25) is 0 Å². The van der Waals surface area contributed by atoms with E-state index in [0.717, 1.165) is 6.08 Å². The van der Waals surface area contributed by atoms with E-state index in [4.69, 9.17) is 33.0 Å². The van der Waals surface area contributed by atoms with Gasteiger partial charge < -0.3 is 9.84 Å². The van der Waals surface area contributed by atoms with Crippen molar-refractivity contribution < 1.29 is 19.4 Å². The summed E-state index contributed by atoms with van der Waals surface area (Å²) in [6.45, 7) is 1.30. The number of benzene rings is 1. The average Bonchev–Trinajstić information content (AvgIpc) is 2.28. The van der Waals surface area contributed by atoms with Gasteiger partial charge in [-0.05, 0) is 6.92 Å². The van der Waals surface area contributed by atoms with Crippen molar-refractivity contribution >= 4 is 35.1 Å². The predicted molar refractivity (Wildman–Crippen MR) is 67.3 cm³/mol. The molecule has 6 heteroatoms. The largest absolute Gasteiger partial charge is 0.478 e. The van der Waals surface area contributed by atoms with Crippen molar-refractivity contribution in [1.82, 2.24) is 0 Å². The summed E-state index contributed by atoms with van der Waals surface area (Å²) < 4.78 is 2.99. The van der Waals surface area contributed by atoms with Crippen LogP contribution in [0.1, 0.15) is 12.5 Å². The van der Waals surface area contributed by atoms with E-state index >= 15 is 0 Å². The van der Waals surface area contributed by atoms with Gasteiger partial charge in [0.1, 0.15) is 0 Å². The third-order valence-electron chi connectivity index (χ3n) is 1.99. The minimum Gasteiger partial charge on any atom is -0.478 e. The van der Waals surface area contributed by atoms with Crippen LogP contribution in [0.4, 0.5) is 0 Å². The second-order valence-corrected chi connectivity index (χ2v) is 4.70. The van der Waals surface area contributed by atoms with Crippen LogP contribution in [0.3, 0.4) is 0 Å². The Morgan fingerprint density at radius 1 is 1.28 bits per heavy atom. The number of alkyl halides is 2. The van der Waals surface area contributed by atoms with Crippen LogP contribution in [-0.2, 0) is 18.8 Å². The Kier molecular flexibility index (Phi) is 4.76. The van der Waals surface area contributed by atoms with E-state index in [1.165, 1.54) is 6.92 Å². The van der Waals surface area contributed by atoms with Crippen molar-refractivity contribution in [2.45, 2.75) is 11.4 Å². The number of esters is 1.